The number of hydrogen-bond acceptors (Lipinski definition) is 3. The molecule has 1 rings (SSSR count). The van der Waals surface area contributed by atoms with Gasteiger partial charge in [0.15, 0.2) is 0 Å². The minimum Gasteiger partial charge on any atom is -0.395 e. The van der Waals surface area contributed by atoms with Gasteiger partial charge >= 0.3 is 0 Å². The number of halogens is 2. The van der Waals surface area contributed by atoms with Gasteiger partial charge in [-0.05, 0) is 24.6 Å². The van der Waals surface area contributed by atoms with Crippen LogP contribution in [0.2, 0.25) is 5.02 Å². The van der Waals surface area contributed by atoms with Crippen molar-refractivity contribution in [3.05, 3.63) is 34.6 Å². The van der Waals surface area contributed by atoms with Gasteiger partial charge in [0.1, 0.15) is 5.82 Å². The highest BCUT2D eigenvalue weighted by atomic mass is 35.5. The number of hydrogen-bond donors (Lipinski definition) is 2. The fourth-order valence-electron chi connectivity index (χ4n) is 1.65. The van der Waals surface area contributed by atoms with E-state index in [9.17, 15) is 4.39 Å². The SMILES string of the molecule is COCC(CO)NC(C)c1ccc(F)cc1Cl. The number of rotatable bonds is 6. The molecule has 0 bridgehead atoms. The van der Waals surface area contributed by atoms with Gasteiger partial charge in [0.2, 0.25) is 0 Å². The van der Waals surface area contributed by atoms with Crippen LogP contribution < -0.4 is 5.32 Å². The van der Waals surface area contributed by atoms with Gasteiger partial charge in [-0.15, -0.1) is 0 Å². The molecule has 0 aliphatic carbocycles. The third-order valence-corrected chi connectivity index (χ3v) is 2.83. The van der Waals surface area contributed by atoms with Crippen molar-refractivity contribution in [3.63, 3.8) is 0 Å². The molecule has 2 N–H and O–H groups in total. The van der Waals surface area contributed by atoms with Gasteiger partial charge in [0.25, 0.3) is 0 Å². The van der Waals surface area contributed by atoms with E-state index in [0.29, 0.717) is 11.6 Å². The second kappa shape index (κ2) is 6.91. The third kappa shape index (κ3) is 4.24. The normalized spacial score (nSPS) is 14.6. The van der Waals surface area contributed by atoms with E-state index in [2.05, 4.69) is 5.32 Å². The minimum atomic E-state index is -0.360. The molecular weight excluding hydrogens is 245 g/mol. The second-order valence-corrected chi connectivity index (χ2v) is 4.30. The molecule has 2 unspecified atom stereocenters. The summed E-state index contributed by atoms with van der Waals surface area (Å²) in [5, 5.41) is 12.7. The number of ether oxygens (including phenoxy) is 1. The molecule has 2 atom stereocenters. The Bertz CT molecular complexity index is 362. The molecule has 1 aromatic rings. The van der Waals surface area contributed by atoms with Gasteiger partial charge in [0.05, 0.1) is 19.3 Å². The Balaban J connectivity index is 2.71. The topological polar surface area (TPSA) is 41.5 Å². The first-order valence-corrected chi connectivity index (χ1v) is 5.77. The van der Waals surface area contributed by atoms with E-state index in [1.165, 1.54) is 12.1 Å². The monoisotopic (exact) mass is 261 g/mol. The summed E-state index contributed by atoms with van der Waals surface area (Å²) in [7, 11) is 1.57. The smallest absolute Gasteiger partial charge is 0.124 e. The maximum Gasteiger partial charge on any atom is 0.124 e. The van der Waals surface area contributed by atoms with Crippen molar-refractivity contribution in [2.45, 2.75) is 19.0 Å². The highest BCUT2D eigenvalue weighted by Crippen LogP contribution is 2.23. The molecule has 17 heavy (non-hydrogen) atoms. The lowest BCUT2D eigenvalue weighted by molar-refractivity contribution is 0.123. The lowest BCUT2D eigenvalue weighted by atomic mass is 10.1. The highest BCUT2D eigenvalue weighted by Gasteiger charge is 2.15. The maximum absolute atomic E-state index is 12.9. The Morgan fingerprint density at radius 2 is 2.24 bits per heavy atom. The number of nitrogens with one attached hydrogen (secondary N) is 1. The molecule has 0 saturated heterocycles. The Kier molecular flexibility index (Phi) is 5.85. The largest absolute Gasteiger partial charge is 0.395 e. The molecule has 1 aromatic carbocycles. The van der Waals surface area contributed by atoms with Crippen molar-refractivity contribution < 1.29 is 14.2 Å². The summed E-state index contributed by atoms with van der Waals surface area (Å²) >= 11 is 5.95. The zero-order valence-electron chi connectivity index (χ0n) is 9.91. The van der Waals surface area contributed by atoms with Crippen molar-refractivity contribution in [2.75, 3.05) is 20.3 Å². The zero-order valence-corrected chi connectivity index (χ0v) is 10.7. The first kappa shape index (κ1) is 14.4. The molecule has 0 radical (unpaired) electrons. The first-order chi connectivity index (χ1) is 8.08. The number of aliphatic hydroxyl groups is 1. The molecule has 0 saturated carbocycles. The van der Waals surface area contributed by atoms with Gasteiger partial charge in [-0.25, -0.2) is 4.39 Å². The van der Waals surface area contributed by atoms with E-state index < -0.39 is 0 Å². The summed E-state index contributed by atoms with van der Waals surface area (Å²) in [6.07, 6.45) is 0. The first-order valence-electron chi connectivity index (χ1n) is 5.39. The van der Waals surface area contributed by atoms with Crippen LogP contribution in [0.4, 0.5) is 4.39 Å². The van der Waals surface area contributed by atoms with E-state index in [0.717, 1.165) is 5.56 Å². The molecule has 0 aliphatic heterocycles. The molecule has 96 valence electrons. The molecule has 0 fully saturated rings. The number of aliphatic hydroxyl groups excluding tert-OH is 1. The van der Waals surface area contributed by atoms with E-state index >= 15 is 0 Å². The predicted molar refractivity (Wildman–Crippen MR) is 65.7 cm³/mol. The zero-order chi connectivity index (χ0) is 12.8. The van der Waals surface area contributed by atoms with E-state index in [1.807, 2.05) is 6.92 Å². The van der Waals surface area contributed by atoms with Crippen LogP contribution >= 0.6 is 11.6 Å². The van der Waals surface area contributed by atoms with Crippen LogP contribution in [-0.2, 0) is 4.74 Å². The van der Waals surface area contributed by atoms with E-state index in [4.69, 9.17) is 21.4 Å². The molecule has 5 heteroatoms. The van der Waals surface area contributed by atoms with Crippen LogP contribution in [0.15, 0.2) is 18.2 Å². The van der Waals surface area contributed by atoms with Gasteiger partial charge in [-0.1, -0.05) is 17.7 Å². The van der Waals surface area contributed by atoms with Crippen molar-refractivity contribution in [2.24, 2.45) is 0 Å². The summed E-state index contributed by atoms with van der Waals surface area (Å²) in [6.45, 7) is 2.27. The molecule has 3 nitrogen and oxygen atoms in total. The summed E-state index contributed by atoms with van der Waals surface area (Å²) in [5.41, 5.74) is 0.794. The van der Waals surface area contributed by atoms with Crippen molar-refractivity contribution in [1.82, 2.24) is 5.32 Å². The van der Waals surface area contributed by atoms with Crippen LogP contribution in [0.1, 0.15) is 18.5 Å². The lowest BCUT2D eigenvalue weighted by Crippen LogP contribution is -2.38. The third-order valence-electron chi connectivity index (χ3n) is 2.50. The molecular formula is C12H17ClFNO2. The summed E-state index contributed by atoms with van der Waals surface area (Å²) in [4.78, 5) is 0. The fraction of sp³-hybridized carbons (Fsp3) is 0.500. The molecule has 0 spiro atoms. The van der Waals surface area contributed by atoms with Crippen LogP contribution in [0.25, 0.3) is 0 Å². The van der Waals surface area contributed by atoms with Gasteiger partial charge in [-0.3, -0.25) is 0 Å². The average molecular weight is 262 g/mol. The Labute approximate surface area is 106 Å². The second-order valence-electron chi connectivity index (χ2n) is 3.89. The van der Waals surface area contributed by atoms with Crippen molar-refractivity contribution >= 4 is 11.6 Å². The van der Waals surface area contributed by atoms with Gasteiger partial charge < -0.3 is 15.2 Å². The fourth-order valence-corrected chi connectivity index (χ4v) is 1.98. The number of methoxy groups -OCH3 is 1. The van der Waals surface area contributed by atoms with Gasteiger partial charge in [-0.2, -0.15) is 0 Å². The highest BCUT2D eigenvalue weighted by molar-refractivity contribution is 6.31. The molecule has 0 amide bonds. The summed E-state index contributed by atoms with van der Waals surface area (Å²) < 4.78 is 17.9. The van der Waals surface area contributed by atoms with Crippen LogP contribution in [0, 0.1) is 5.82 Å². The van der Waals surface area contributed by atoms with Crippen LogP contribution in [0.5, 0.6) is 0 Å². The van der Waals surface area contributed by atoms with Crippen molar-refractivity contribution in [3.8, 4) is 0 Å². The standard InChI is InChI=1S/C12H17ClFNO2/c1-8(15-10(6-16)7-17-2)11-4-3-9(14)5-12(11)13/h3-5,8,10,15-16H,6-7H2,1-2H3. The Morgan fingerprint density at radius 3 is 2.76 bits per heavy atom. The average Bonchev–Trinajstić information content (AvgIpc) is 2.28. The summed E-state index contributed by atoms with van der Waals surface area (Å²) in [6, 6.07) is 4.02. The molecule has 0 aromatic heterocycles. The Morgan fingerprint density at radius 1 is 1.53 bits per heavy atom. The molecule has 0 heterocycles. The van der Waals surface area contributed by atoms with E-state index in [1.54, 1.807) is 13.2 Å². The van der Waals surface area contributed by atoms with E-state index in [-0.39, 0.29) is 24.5 Å². The quantitative estimate of drug-likeness (QED) is 0.824. The minimum absolute atomic E-state index is 0.0308. The van der Waals surface area contributed by atoms with Gasteiger partial charge in [0, 0.05) is 18.2 Å². The molecule has 0 aliphatic rings. The lowest BCUT2D eigenvalue weighted by Gasteiger charge is -2.22. The predicted octanol–water partition coefficient (Wildman–Crippen LogP) is 2.14. The van der Waals surface area contributed by atoms with Crippen LogP contribution in [-0.4, -0.2) is 31.5 Å². The van der Waals surface area contributed by atoms with Crippen LogP contribution in [0.3, 0.4) is 0 Å². The van der Waals surface area contributed by atoms with Crippen molar-refractivity contribution in [1.29, 1.82) is 0 Å². The number of benzene rings is 1. The maximum atomic E-state index is 12.9. The summed E-state index contributed by atoms with van der Waals surface area (Å²) in [5.74, 6) is -0.360. The Hall–Kier alpha value is -0.680.